The van der Waals surface area contributed by atoms with Gasteiger partial charge in [-0.05, 0) is 94.1 Å². The predicted molar refractivity (Wildman–Crippen MR) is 339 cm³/mol. The van der Waals surface area contributed by atoms with Crippen LogP contribution in [-0.2, 0) is 0 Å². The Morgan fingerprint density at radius 1 is 0.225 bits per heavy atom. The van der Waals surface area contributed by atoms with E-state index in [0.29, 0.717) is 0 Å². The summed E-state index contributed by atoms with van der Waals surface area (Å²) in [5, 5.41) is 13.6. The summed E-state index contributed by atoms with van der Waals surface area (Å²) in [6, 6.07) is 111. The van der Waals surface area contributed by atoms with Crippen molar-refractivity contribution in [2.75, 3.05) is 0 Å². The molecule has 0 saturated carbocycles. The molecule has 0 bridgehead atoms. The third-order valence-electron chi connectivity index (χ3n) is 16.0. The van der Waals surface area contributed by atoms with Gasteiger partial charge in [0, 0.05) is 34.1 Å². The van der Waals surface area contributed by atoms with Gasteiger partial charge in [0.25, 0.3) is 0 Å². The van der Waals surface area contributed by atoms with Crippen LogP contribution in [0.5, 0.6) is 0 Å². The van der Waals surface area contributed by atoms with Gasteiger partial charge in [0.2, 0.25) is 0 Å². The lowest BCUT2D eigenvalue weighted by molar-refractivity contribution is 1.27. The maximum atomic E-state index is 5.76. The Morgan fingerprint density at radius 2 is 0.600 bits per heavy atom. The van der Waals surface area contributed by atoms with Crippen molar-refractivity contribution >= 4 is 90.4 Å². The Kier molecular flexibility index (Phi) is 12.6. The topological polar surface area (TPSA) is 51.6 Å². The molecule has 80 heavy (non-hydrogen) atoms. The largest absolute Gasteiger partial charge is 0.256 e. The maximum Gasteiger partial charge on any atom is 0.179 e. The van der Waals surface area contributed by atoms with E-state index in [-0.39, 0.29) is 0 Å². The molecule has 0 aliphatic heterocycles. The number of hydrogen-bond donors (Lipinski definition) is 0. The van der Waals surface area contributed by atoms with Crippen LogP contribution < -0.4 is 41.5 Å². The second-order valence-corrected chi connectivity index (χ2v) is 28.0. The highest BCUT2D eigenvalue weighted by Crippen LogP contribution is 2.40. The Balaban J connectivity index is 1.06. The monoisotopic (exact) mass is 1050 g/mol. The summed E-state index contributed by atoms with van der Waals surface area (Å²) in [6.07, 6.45) is 3.72. The summed E-state index contributed by atoms with van der Waals surface area (Å²) in [6.45, 7) is 0. The zero-order chi connectivity index (χ0) is 53.3. The van der Waals surface area contributed by atoms with E-state index >= 15 is 0 Å². The first-order chi connectivity index (χ1) is 39.7. The molecule has 0 spiro atoms. The molecular formula is C74H52N4Si2. The van der Waals surface area contributed by atoms with Crippen LogP contribution in [0.1, 0.15) is 0 Å². The second-order valence-electron chi connectivity index (χ2n) is 20.4. The van der Waals surface area contributed by atoms with Gasteiger partial charge in [-0.1, -0.05) is 273 Å². The van der Waals surface area contributed by atoms with E-state index in [9.17, 15) is 0 Å². The van der Waals surface area contributed by atoms with Gasteiger partial charge in [-0.25, -0.2) is 9.97 Å². The first kappa shape index (κ1) is 48.4. The van der Waals surface area contributed by atoms with E-state index in [4.69, 9.17) is 19.9 Å². The number of hydrogen-bond acceptors (Lipinski definition) is 4. The molecule has 4 aromatic heterocycles. The molecule has 0 amide bonds. The smallest absolute Gasteiger partial charge is 0.179 e. The minimum Gasteiger partial charge on any atom is -0.256 e. The van der Waals surface area contributed by atoms with Gasteiger partial charge in [0.05, 0.1) is 33.6 Å². The molecule has 376 valence electrons. The lowest BCUT2D eigenvalue weighted by Crippen LogP contribution is -2.74. The fourth-order valence-electron chi connectivity index (χ4n) is 12.5. The molecule has 0 unspecified atom stereocenters. The minimum atomic E-state index is -2.90. The van der Waals surface area contributed by atoms with E-state index in [1.807, 2.05) is 30.6 Å². The molecule has 10 aromatic carbocycles. The molecule has 14 rings (SSSR count). The highest BCUT2D eigenvalue weighted by Gasteiger charge is 2.43. The van der Waals surface area contributed by atoms with Crippen molar-refractivity contribution in [2.45, 2.75) is 0 Å². The number of pyridine rings is 4. The lowest BCUT2D eigenvalue weighted by atomic mass is 9.94. The maximum absolute atomic E-state index is 5.76. The van der Waals surface area contributed by atoms with Crippen LogP contribution in [0.4, 0.5) is 0 Å². The minimum absolute atomic E-state index is 0.774. The van der Waals surface area contributed by atoms with E-state index in [0.717, 1.165) is 77.6 Å². The van der Waals surface area contributed by atoms with Gasteiger partial charge in [-0.3, -0.25) is 9.97 Å². The van der Waals surface area contributed by atoms with E-state index in [1.165, 1.54) is 41.5 Å². The highest BCUT2D eigenvalue weighted by atomic mass is 28.3. The molecule has 14 aromatic rings. The van der Waals surface area contributed by atoms with E-state index in [2.05, 4.69) is 285 Å². The van der Waals surface area contributed by atoms with Gasteiger partial charge in [-0.2, -0.15) is 0 Å². The quantitative estimate of drug-likeness (QED) is 0.0695. The highest BCUT2D eigenvalue weighted by molar-refractivity contribution is 7.20. The first-order valence-corrected chi connectivity index (χ1v) is 31.3. The average Bonchev–Trinajstić information content (AvgIpc) is 3.71. The Bertz CT molecular complexity index is 4310. The number of fused-ring (bicyclic) bond motifs is 4. The van der Waals surface area contributed by atoms with Crippen molar-refractivity contribution in [1.29, 1.82) is 0 Å². The Labute approximate surface area is 468 Å². The summed E-state index contributed by atoms with van der Waals surface area (Å²) in [4.78, 5) is 21.4. The molecule has 6 heteroatoms. The molecule has 4 nitrogen and oxygen atoms in total. The molecular weight excluding hydrogens is 1000 g/mol. The summed E-state index contributed by atoms with van der Waals surface area (Å²) in [5.74, 6) is 0. The molecule has 4 heterocycles. The van der Waals surface area contributed by atoms with Crippen molar-refractivity contribution in [3.63, 3.8) is 0 Å². The first-order valence-electron chi connectivity index (χ1n) is 27.3. The number of aromatic nitrogens is 4. The fraction of sp³-hybridized carbons (Fsp3) is 0. The zero-order valence-electron chi connectivity index (χ0n) is 43.8. The molecule has 0 fully saturated rings. The molecule has 0 aliphatic rings. The number of benzene rings is 10. The second kappa shape index (κ2) is 20.8. The van der Waals surface area contributed by atoms with Crippen molar-refractivity contribution in [3.05, 3.63) is 316 Å². The van der Waals surface area contributed by atoms with Crippen molar-refractivity contribution in [2.24, 2.45) is 0 Å². The van der Waals surface area contributed by atoms with Crippen LogP contribution in [0.3, 0.4) is 0 Å². The number of rotatable bonds is 12. The SMILES string of the molecule is c1ccc([Si](c2ccccc2)(c2ccccc2)c2cccc(-c3cc(-c4ccccn4)nc4c3ccc3c(-c5cccc([Si](c6ccccc6)(c6ccccc6)c6ccccc6)c5)cc(-c5cccc6cccnc56)nc34)c2)cc1. The van der Waals surface area contributed by atoms with Gasteiger partial charge >= 0.3 is 0 Å². The molecule has 0 saturated heterocycles. The average molecular weight is 1050 g/mol. The molecule has 0 atom stereocenters. The van der Waals surface area contributed by atoms with Gasteiger partial charge in [0.1, 0.15) is 0 Å². The van der Waals surface area contributed by atoms with Crippen LogP contribution in [-0.4, -0.2) is 36.1 Å². The summed E-state index contributed by atoms with van der Waals surface area (Å²) >= 11 is 0. The lowest BCUT2D eigenvalue weighted by Gasteiger charge is -2.34. The predicted octanol–water partition coefficient (Wildman–Crippen LogP) is 12.1. The standard InChI is InChI=1S/C74H52N4Si2/c1-7-29-56(30-8-1)79(57-31-9-2-10-32-57,58-33-11-3-12-34-58)62-41-21-26-54(49-62)67-51-70(66-43-23-25-53-28-24-48-76-72(53)66)77-73-64(67)45-46-65-68(52-71(78-74(65)73)69-44-19-20-47-75-69)55-27-22-42-63(50-55)80(59-35-13-4-14-36-59,60-37-15-5-16-38-60)61-39-17-6-18-40-61/h1-52H. The summed E-state index contributed by atoms with van der Waals surface area (Å²) in [7, 11) is -5.80. The fourth-order valence-corrected chi connectivity index (χ4v) is 22.1. The normalized spacial score (nSPS) is 11.8. The third kappa shape index (κ3) is 8.28. The number of nitrogens with zero attached hydrogens (tertiary/aromatic N) is 4. The van der Waals surface area contributed by atoms with E-state index < -0.39 is 16.1 Å². The Hall–Kier alpha value is -9.99. The van der Waals surface area contributed by atoms with Crippen LogP contribution in [0.15, 0.2) is 316 Å². The summed E-state index contributed by atoms with van der Waals surface area (Å²) < 4.78 is 0. The van der Waals surface area contributed by atoms with Crippen LogP contribution in [0.2, 0.25) is 0 Å². The van der Waals surface area contributed by atoms with Crippen molar-refractivity contribution in [3.8, 4) is 44.9 Å². The van der Waals surface area contributed by atoms with Crippen molar-refractivity contribution < 1.29 is 0 Å². The Morgan fingerprint density at radius 3 is 1.04 bits per heavy atom. The van der Waals surface area contributed by atoms with Crippen LogP contribution >= 0.6 is 0 Å². The van der Waals surface area contributed by atoms with Crippen molar-refractivity contribution in [1.82, 2.24) is 19.9 Å². The van der Waals surface area contributed by atoms with Crippen LogP contribution in [0.25, 0.3) is 77.6 Å². The van der Waals surface area contributed by atoms with Gasteiger partial charge in [0.15, 0.2) is 16.1 Å². The molecule has 0 aliphatic carbocycles. The van der Waals surface area contributed by atoms with Gasteiger partial charge < -0.3 is 0 Å². The van der Waals surface area contributed by atoms with E-state index in [1.54, 1.807) is 0 Å². The summed E-state index contributed by atoms with van der Waals surface area (Å²) in [5.41, 5.74) is 10.2. The molecule has 0 N–H and O–H groups in total. The number of para-hydroxylation sites is 1. The third-order valence-corrected chi connectivity index (χ3v) is 25.6. The van der Waals surface area contributed by atoms with Gasteiger partial charge in [-0.15, -0.1) is 0 Å². The van der Waals surface area contributed by atoms with Crippen LogP contribution in [0, 0.1) is 0 Å². The molecule has 0 radical (unpaired) electrons. The zero-order valence-corrected chi connectivity index (χ0v) is 45.8.